The van der Waals surface area contributed by atoms with Crippen molar-refractivity contribution < 1.29 is 24.2 Å². The van der Waals surface area contributed by atoms with E-state index in [1.165, 1.54) is 14.2 Å². The van der Waals surface area contributed by atoms with Gasteiger partial charge in [-0.2, -0.15) is 0 Å². The third kappa shape index (κ3) is 3.06. The van der Waals surface area contributed by atoms with Gasteiger partial charge in [-0.15, -0.1) is 10.1 Å². The van der Waals surface area contributed by atoms with Crippen LogP contribution in [0.4, 0.5) is 0 Å². The fourth-order valence-electron chi connectivity index (χ4n) is 1.97. The summed E-state index contributed by atoms with van der Waals surface area (Å²) in [4.78, 5) is 26.1. The first-order chi connectivity index (χ1) is 7.58. The number of hydrogen-bond donors (Lipinski definition) is 0. The summed E-state index contributed by atoms with van der Waals surface area (Å²) >= 11 is 0. The number of methoxy groups -OCH3 is 2. The highest BCUT2D eigenvalue weighted by Gasteiger charge is 2.36. The normalized spacial score (nSPS) is 29.5. The van der Waals surface area contributed by atoms with Crippen LogP contribution in [-0.2, 0) is 19.1 Å². The zero-order chi connectivity index (χ0) is 12.1. The molecule has 92 valence electrons. The Balaban J connectivity index is 2.61. The van der Waals surface area contributed by atoms with E-state index in [-0.39, 0.29) is 24.4 Å². The summed E-state index contributed by atoms with van der Waals surface area (Å²) in [6.07, 6.45) is 0.369. The molecule has 7 heteroatoms. The number of nitrogens with zero attached hydrogens (tertiary/aromatic N) is 1. The van der Waals surface area contributed by atoms with E-state index in [4.69, 9.17) is 4.74 Å². The fourth-order valence-corrected chi connectivity index (χ4v) is 1.97. The number of esters is 1. The SMILES string of the molecule is COC(=O)[C@H]1CC[C@H](OC)[C@@H](O[N+](=O)[O-])C1. The van der Waals surface area contributed by atoms with Crippen molar-refractivity contribution in [3.05, 3.63) is 10.1 Å². The second-order valence-electron chi connectivity index (χ2n) is 3.67. The molecule has 0 aliphatic heterocycles. The lowest BCUT2D eigenvalue weighted by Gasteiger charge is -2.32. The van der Waals surface area contributed by atoms with Crippen LogP contribution in [0, 0.1) is 16.0 Å². The van der Waals surface area contributed by atoms with Crippen LogP contribution in [-0.4, -0.2) is 37.5 Å². The summed E-state index contributed by atoms with van der Waals surface area (Å²) in [6.45, 7) is 0. The van der Waals surface area contributed by atoms with E-state index in [1.807, 2.05) is 0 Å². The molecular formula is C9H15NO6. The summed E-state index contributed by atoms with van der Waals surface area (Å²) in [7, 11) is 2.77. The van der Waals surface area contributed by atoms with E-state index >= 15 is 0 Å². The standard InChI is InChI=1S/C9H15NO6/c1-14-7-4-3-6(9(11)15-2)5-8(7)16-10(12)13/h6-8H,3-5H2,1-2H3/t6-,7-,8-/m0/s1. The summed E-state index contributed by atoms with van der Waals surface area (Å²) < 4.78 is 9.69. The molecule has 1 aliphatic rings. The first-order valence-corrected chi connectivity index (χ1v) is 5.00. The van der Waals surface area contributed by atoms with Crippen LogP contribution in [0.2, 0.25) is 0 Å². The molecule has 0 amide bonds. The monoisotopic (exact) mass is 233 g/mol. The van der Waals surface area contributed by atoms with Gasteiger partial charge in [-0.1, -0.05) is 0 Å². The molecule has 0 N–H and O–H groups in total. The Kier molecular flexibility index (Phi) is 4.48. The summed E-state index contributed by atoms with van der Waals surface area (Å²) in [6, 6.07) is 0. The lowest BCUT2D eigenvalue weighted by molar-refractivity contribution is -0.771. The first-order valence-electron chi connectivity index (χ1n) is 5.00. The maximum Gasteiger partial charge on any atom is 0.308 e. The second kappa shape index (κ2) is 5.64. The molecule has 0 heterocycles. The average Bonchev–Trinajstić information content (AvgIpc) is 2.27. The van der Waals surface area contributed by atoms with Crippen LogP contribution in [0.15, 0.2) is 0 Å². The van der Waals surface area contributed by atoms with Crippen molar-refractivity contribution in [1.29, 1.82) is 0 Å². The minimum Gasteiger partial charge on any atom is -0.469 e. The highest BCUT2D eigenvalue weighted by molar-refractivity contribution is 5.72. The minimum atomic E-state index is -0.851. The van der Waals surface area contributed by atoms with Gasteiger partial charge in [0.05, 0.1) is 19.1 Å². The second-order valence-corrected chi connectivity index (χ2v) is 3.67. The van der Waals surface area contributed by atoms with Gasteiger partial charge in [0, 0.05) is 7.11 Å². The van der Waals surface area contributed by atoms with Crippen LogP contribution >= 0.6 is 0 Å². The molecule has 1 fully saturated rings. The molecule has 0 saturated heterocycles. The zero-order valence-corrected chi connectivity index (χ0v) is 9.25. The molecule has 1 aliphatic carbocycles. The van der Waals surface area contributed by atoms with Gasteiger partial charge in [-0.3, -0.25) is 4.79 Å². The molecule has 0 radical (unpaired) electrons. The molecule has 0 aromatic heterocycles. The number of carbonyl (C=O) groups excluding carboxylic acids is 1. The number of rotatable bonds is 4. The molecule has 0 unspecified atom stereocenters. The first kappa shape index (κ1) is 12.7. The third-order valence-electron chi connectivity index (χ3n) is 2.79. The maximum absolute atomic E-state index is 11.3. The minimum absolute atomic E-state index is 0.256. The van der Waals surface area contributed by atoms with Gasteiger partial charge in [0.2, 0.25) is 0 Å². The zero-order valence-electron chi connectivity index (χ0n) is 9.25. The Hall–Kier alpha value is -1.37. The van der Waals surface area contributed by atoms with Crippen LogP contribution in [0.25, 0.3) is 0 Å². The van der Waals surface area contributed by atoms with E-state index in [0.29, 0.717) is 12.8 Å². The quantitative estimate of drug-likeness (QED) is 0.400. The third-order valence-corrected chi connectivity index (χ3v) is 2.79. The van der Waals surface area contributed by atoms with Crippen molar-refractivity contribution >= 4 is 5.97 Å². The van der Waals surface area contributed by atoms with E-state index in [2.05, 4.69) is 9.57 Å². The van der Waals surface area contributed by atoms with Crippen molar-refractivity contribution in [3.8, 4) is 0 Å². The van der Waals surface area contributed by atoms with Gasteiger partial charge in [0.25, 0.3) is 5.09 Å². The molecule has 1 saturated carbocycles. The predicted molar refractivity (Wildman–Crippen MR) is 52.0 cm³/mol. The molecule has 0 spiro atoms. The van der Waals surface area contributed by atoms with Crippen LogP contribution in [0.5, 0.6) is 0 Å². The topological polar surface area (TPSA) is 87.9 Å². The predicted octanol–water partition coefficient (Wildman–Crippen LogP) is 0.551. The van der Waals surface area contributed by atoms with Gasteiger partial charge < -0.3 is 14.3 Å². The van der Waals surface area contributed by atoms with Crippen molar-refractivity contribution in [1.82, 2.24) is 0 Å². The van der Waals surface area contributed by atoms with Crippen molar-refractivity contribution in [2.75, 3.05) is 14.2 Å². The molecular weight excluding hydrogens is 218 g/mol. The highest BCUT2D eigenvalue weighted by Crippen LogP contribution is 2.29. The smallest absolute Gasteiger partial charge is 0.308 e. The Bertz CT molecular complexity index is 269. The Labute approximate surface area is 92.8 Å². The number of carbonyl (C=O) groups is 1. The number of hydrogen-bond acceptors (Lipinski definition) is 6. The van der Waals surface area contributed by atoms with E-state index < -0.39 is 11.2 Å². The fraction of sp³-hybridized carbons (Fsp3) is 0.889. The van der Waals surface area contributed by atoms with Crippen LogP contribution in [0.3, 0.4) is 0 Å². The molecule has 0 aromatic rings. The lowest BCUT2D eigenvalue weighted by atomic mass is 9.85. The van der Waals surface area contributed by atoms with Gasteiger partial charge in [-0.05, 0) is 19.3 Å². The molecule has 7 nitrogen and oxygen atoms in total. The summed E-state index contributed by atoms with van der Waals surface area (Å²) in [5, 5.41) is 9.44. The summed E-state index contributed by atoms with van der Waals surface area (Å²) in [5.41, 5.74) is 0. The van der Waals surface area contributed by atoms with E-state index in [9.17, 15) is 14.9 Å². The average molecular weight is 233 g/mol. The molecule has 0 aromatic carbocycles. The van der Waals surface area contributed by atoms with Crippen LogP contribution < -0.4 is 0 Å². The Morgan fingerprint density at radius 2 is 2.00 bits per heavy atom. The van der Waals surface area contributed by atoms with Gasteiger partial charge in [0.15, 0.2) is 0 Å². The Morgan fingerprint density at radius 3 is 2.50 bits per heavy atom. The number of ether oxygens (including phenoxy) is 2. The van der Waals surface area contributed by atoms with E-state index in [0.717, 1.165) is 0 Å². The van der Waals surface area contributed by atoms with Gasteiger partial charge in [-0.25, -0.2) is 0 Å². The molecule has 1 rings (SSSR count). The van der Waals surface area contributed by atoms with Crippen molar-refractivity contribution in [3.63, 3.8) is 0 Å². The van der Waals surface area contributed by atoms with Gasteiger partial charge in [0.1, 0.15) is 6.10 Å². The highest BCUT2D eigenvalue weighted by atomic mass is 17.0. The maximum atomic E-state index is 11.3. The molecule has 0 bridgehead atoms. The molecule has 3 atom stereocenters. The Morgan fingerprint density at radius 1 is 1.31 bits per heavy atom. The van der Waals surface area contributed by atoms with Crippen LogP contribution in [0.1, 0.15) is 19.3 Å². The van der Waals surface area contributed by atoms with Gasteiger partial charge >= 0.3 is 5.97 Å². The van der Waals surface area contributed by atoms with E-state index in [1.54, 1.807) is 0 Å². The molecule has 16 heavy (non-hydrogen) atoms. The van der Waals surface area contributed by atoms with Crippen molar-refractivity contribution in [2.24, 2.45) is 5.92 Å². The largest absolute Gasteiger partial charge is 0.469 e. The van der Waals surface area contributed by atoms with Crippen molar-refractivity contribution in [2.45, 2.75) is 31.5 Å². The lowest BCUT2D eigenvalue weighted by Crippen LogP contribution is -2.40. The summed E-state index contributed by atoms with van der Waals surface area (Å²) in [5.74, 6) is -0.701.